The number of benzene rings is 3. The first kappa shape index (κ1) is 20.6. The highest BCUT2D eigenvalue weighted by Crippen LogP contribution is 2.35. The Morgan fingerprint density at radius 2 is 1.26 bits per heavy atom. The van der Waals surface area contributed by atoms with Gasteiger partial charge in [-0.2, -0.15) is 0 Å². The number of urea groups is 1. The van der Waals surface area contributed by atoms with Crippen LogP contribution in [0, 0.1) is 0 Å². The zero-order valence-electron chi connectivity index (χ0n) is 17.1. The summed E-state index contributed by atoms with van der Waals surface area (Å²) in [6.07, 6.45) is 0. The molecule has 0 radical (unpaired) electrons. The summed E-state index contributed by atoms with van der Waals surface area (Å²) in [5, 5.41) is 2.93. The van der Waals surface area contributed by atoms with Gasteiger partial charge in [-0.05, 0) is 23.3 Å². The van der Waals surface area contributed by atoms with E-state index in [1.807, 2.05) is 91.0 Å². The van der Waals surface area contributed by atoms with Gasteiger partial charge in [0.2, 0.25) is 0 Å². The standard InChI is InChI=1S/C25H24N2O4/c28-23-25(20-10-4-1-5-11-20,21-12-6-2-7-13-21)26-24(29)27(23)16-17-30-18-19-31-22-14-8-3-9-15-22/h1-15H,16-19H2,(H,26,29). The lowest BCUT2D eigenvalue weighted by molar-refractivity contribution is -0.130. The minimum atomic E-state index is -1.24. The van der Waals surface area contributed by atoms with Crippen molar-refractivity contribution in [3.05, 3.63) is 102 Å². The molecule has 1 aliphatic heterocycles. The van der Waals surface area contributed by atoms with Crippen LogP contribution in [0.5, 0.6) is 5.75 Å². The Balaban J connectivity index is 1.41. The molecule has 6 nitrogen and oxygen atoms in total. The lowest BCUT2D eigenvalue weighted by Crippen LogP contribution is -2.45. The number of nitrogens with one attached hydrogen (secondary N) is 1. The fourth-order valence-electron chi connectivity index (χ4n) is 3.71. The fraction of sp³-hybridized carbons (Fsp3) is 0.200. The molecule has 0 unspecified atom stereocenters. The van der Waals surface area contributed by atoms with Gasteiger partial charge < -0.3 is 14.8 Å². The first-order valence-electron chi connectivity index (χ1n) is 10.2. The number of carbonyl (C=O) groups is 2. The quantitative estimate of drug-likeness (QED) is 0.428. The van der Waals surface area contributed by atoms with Gasteiger partial charge in [-0.25, -0.2) is 4.79 Å². The van der Waals surface area contributed by atoms with E-state index in [0.717, 1.165) is 16.9 Å². The van der Waals surface area contributed by atoms with Crippen LogP contribution >= 0.6 is 0 Å². The number of imide groups is 1. The Morgan fingerprint density at radius 1 is 0.710 bits per heavy atom. The minimum Gasteiger partial charge on any atom is -0.491 e. The number of ether oxygens (including phenoxy) is 2. The molecule has 1 aliphatic rings. The Hall–Kier alpha value is -3.64. The molecule has 3 aromatic rings. The summed E-state index contributed by atoms with van der Waals surface area (Å²) >= 11 is 0. The van der Waals surface area contributed by atoms with Crippen LogP contribution in [0.1, 0.15) is 11.1 Å². The number of amides is 3. The summed E-state index contributed by atoms with van der Waals surface area (Å²) in [7, 11) is 0. The van der Waals surface area contributed by atoms with Crippen molar-refractivity contribution >= 4 is 11.9 Å². The Bertz CT molecular complexity index is 970. The molecule has 0 aromatic heterocycles. The molecule has 0 saturated carbocycles. The molecule has 0 bridgehead atoms. The minimum absolute atomic E-state index is 0.164. The van der Waals surface area contributed by atoms with Crippen molar-refractivity contribution in [3.8, 4) is 5.75 Å². The predicted molar refractivity (Wildman–Crippen MR) is 117 cm³/mol. The van der Waals surface area contributed by atoms with Gasteiger partial charge in [0, 0.05) is 0 Å². The van der Waals surface area contributed by atoms with Crippen LogP contribution in [-0.4, -0.2) is 43.2 Å². The van der Waals surface area contributed by atoms with Crippen LogP contribution in [0.25, 0.3) is 0 Å². The van der Waals surface area contributed by atoms with E-state index < -0.39 is 11.6 Å². The average molecular weight is 416 g/mol. The largest absolute Gasteiger partial charge is 0.491 e. The smallest absolute Gasteiger partial charge is 0.325 e. The van der Waals surface area contributed by atoms with Crippen LogP contribution in [0.2, 0.25) is 0 Å². The van der Waals surface area contributed by atoms with Gasteiger partial charge in [0.25, 0.3) is 5.91 Å². The van der Waals surface area contributed by atoms with Crippen LogP contribution in [0.3, 0.4) is 0 Å². The lowest BCUT2D eigenvalue weighted by atomic mass is 9.82. The van der Waals surface area contributed by atoms with E-state index in [1.165, 1.54) is 4.90 Å². The third-order valence-corrected chi connectivity index (χ3v) is 5.22. The van der Waals surface area contributed by atoms with E-state index in [1.54, 1.807) is 0 Å². The lowest BCUT2D eigenvalue weighted by Gasteiger charge is -2.28. The highest BCUT2D eigenvalue weighted by molar-refractivity contribution is 6.09. The van der Waals surface area contributed by atoms with E-state index in [0.29, 0.717) is 13.2 Å². The molecule has 3 amide bonds. The molecule has 4 rings (SSSR count). The zero-order chi connectivity index (χ0) is 21.5. The van der Waals surface area contributed by atoms with Crippen molar-refractivity contribution in [2.24, 2.45) is 0 Å². The Morgan fingerprint density at radius 3 is 1.84 bits per heavy atom. The van der Waals surface area contributed by atoms with Crippen LogP contribution in [0.15, 0.2) is 91.0 Å². The van der Waals surface area contributed by atoms with Gasteiger partial charge >= 0.3 is 6.03 Å². The van der Waals surface area contributed by atoms with Crippen LogP contribution < -0.4 is 10.1 Å². The second kappa shape index (κ2) is 9.45. The first-order valence-corrected chi connectivity index (χ1v) is 10.2. The number of carbonyl (C=O) groups excluding carboxylic acids is 2. The number of rotatable bonds is 9. The molecule has 158 valence electrons. The molecule has 0 aliphatic carbocycles. The monoisotopic (exact) mass is 416 g/mol. The summed E-state index contributed by atoms with van der Waals surface area (Å²) in [6, 6.07) is 27.7. The van der Waals surface area contributed by atoms with Gasteiger partial charge in [0.1, 0.15) is 12.4 Å². The van der Waals surface area contributed by atoms with E-state index in [4.69, 9.17) is 9.47 Å². The van der Waals surface area contributed by atoms with E-state index in [2.05, 4.69) is 5.32 Å². The predicted octanol–water partition coefficient (Wildman–Crippen LogP) is 3.58. The molecular formula is C25H24N2O4. The number of nitrogens with zero attached hydrogens (tertiary/aromatic N) is 1. The SMILES string of the molecule is O=C1NC(c2ccccc2)(c2ccccc2)C(=O)N1CCOCCOc1ccccc1. The van der Waals surface area contributed by atoms with Gasteiger partial charge in [-0.15, -0.1) is 0 Å². The number of hydrogen-bond acceptors (Lipinski definition) is 4. The Labute approximate surface area is 181 Å². The summed E-state index contributed by atoms with van der Waals surface area (Å²) in [6.45, 7) is 1.15. The Kier molecular flexibility index (Phi) is 6.29. The molecule has 1 fully saturated rings. The highest BCUT2D eigenvalue weighted by Gasteiger charge is 2.53. The van der Waals surface area contributed by atoms with E-state index >= 15 is 0 Å². The third kappa shape index (κ3) is 4.29. The molecule has 31 heavy (non-hydrogen) atoms. The summed E-state index contributed by atoms with van der Waals surface area (Å²) in [4.78, 5) is 27.5. The van der Waals surface area contributed by atoms with Crippen molar-refractivity contribution in [2.45, 2.75) is 5.54 Å². The summed E-state index contributed by atoms with van der Waals surface area (Å²) in [5.41, 5.74) is 0.203. The number of hydrogen-bond donors (Lipinski definition) is 1. The summed E-state index contributed by atoms with van der Waals surface area (Å²) < 4.78 is 11.2. The summed E-state index contributed by atoms with van der Waals surface area (Å²) in [5.74, 6) is 0.467. The second-order valence-corrected chi connectivity index (χ2v) is 7.14. The van der Waals surface area contributed by atoms with Gasteiger partial charge in [0.05, 0.1) is 19.8 Å². The molecule has 1 saturated heterocycles. The molecule has 3 aromatic carbocycles. The number of para-hydroxylation sites is 1. The maximum absolute atomic E-state index is 13.5. The fourth-order valence-corrected chi connectivity index (χ4v) is 3.71. The highest BCUT2D eigenvalue weighted by atomic mass is 16.5. The molecule has 6 heteroatoms. The van der Waals surface area contributed by atoms with Crippen molar-refractivity contribution in [1.29, 1.82) is 0 Å². The normalized spacial score (nSPS) is 15.0. The van der Waals surface area contributed by atoms with Crippen molar-refractivity contribution in [1.82, 2.24) is 10.2 Å². The second-order valence-electron chi connectivity index (χ2n) is 7.14. The zero-order valence-corrected chi connectivity index (χ0v) is 17.1. The first-order chi connectivity index (χ1) is 15.2. The van der Waals surface area contributed by atoms with Crippen LogP contribution in [0.4, 0.5) is 4.79 Å². The molecular weight excluding hydrogens is 392 g/mol. The van der Waals surface area contributed by atoms with Crippen LogP contribution in [-0.2, 0) is 15.1 Å². The van der Waals surface area contributed by atoms with Gasteiger partial charge in [-0.3, -0.25) is 9.69 Å². The molecule has 0 atom stereocenters. The maximum Gasteiger partial charge on any atom is 0.325 e. The van der Waals surface area contributed by atoms with E-state index in [-0.39, 0.29) is 19.1 Å². The van der Waals surface area contributed by atoms with E-state index in [9.17, 15) is 9.59 Å². The molecule has 1 heterocycles. The molecule has 1 N–H and O–H groups in total. The molecule has 0 spiro atoms. The van der Waals surface area contributed by atoms with Crippen molar-refractivity contribution < 1.29 is 19.1 Å². The third-order valence-electron chi connectivity index (χ3n) is 5.22. The van der Waals surface area contributed by atoms with Crippen molar-refractivity contribution in [2.75, 3.05) is 26.4 Å². The topological polar surface area (TPSA) is 67.9 Å². The average Bonchev–Trinajstić information content (AvgIpc) is 3.08. The van der Waals surface area contributed by atoms with Crippen molar-refractivity contribution in [3.63, 3.8) is 0 Å². The van der Waals surface area contributed by atoms with Gasteiger partial charge in [-0.1, -0.05) is 78.9 Å². The maximum atomic E-state index is 13.5. The van der Waals surface area contributed by atoms with Gasteiger partial charge in [0.15, 0.2) is 5.54 Å².